The standard InChI is InChI=1S/C22H21IN2O3/c1-14-20(10-11-21(24-14)15(2)27-3)22(26)25-17-7-5-9-19(13-17)28-18-8-4-6-16(23)12-18/h4-13,15H,1-3H3,(H,25,26). The summed E-state index contributed by atoms with van der Waals surface area (Å²) < 4.78 is 12.3. The van der Waals surface area contributed by atoms with E-state index in [1.165, 1.54) is 0 Å². The number of nitrogens with zero attached hydrogens (tertiary/aromatic N) is 1. The molecule has 6 heteroatoms. The van der Waals surface area contributed by atoms with Gasteiger partial charge < -0.3 is 14.8 Å². The highest BCUT2D eigenvalue weighted by atomic mass is 127. The van der Waals surface area contributed by atoms with Gasteiger partial charge in [-0.1, -0.05) is 12.1 Å². The molecule has 0 aliphatic carbocycles. The van der Waals surface area contributed by atoms with E-state index in [-0.39, 0.29) is 12.0 Å². The number of aryl methyl sites for hydroxylation is 1. The summed E-state index contributed by atoms with van der Waals surface area (Å²) in [4.78, 5) is 17.2. The molecular formula is C22H21IN2O3. The van der Waals surface area contributed by atoms with Crippen molar-refractivity contribution in [1.82, 2.24) is 4.98 Å². The Kier molecular flexibility index (Phi) is 6.64. The molecule has 1 heterocycles. The molecular weight excluding hydrogens is 467 g/mol. The van der Waals surface area contributed by atoms with Crippen LogP contribution >= 0.6 is 22.6 Å². The normalized spacial score (nSPS) is 11.7. The first-order valence-electron chi connectivity index (χ1n) is 8.81. The van der Waals surface area contributed by atoms with Gasteiger partial charge in [-0.3, -0.25) is 9.78 Å². The monoisotopic (exact) mass is 488 g/mol. The van der Waals surface area contributed by atoms with Crippen LogP contribution in [-0.4, -0.2) is 18.0 Å². The minimum absolute atomic E-state index is 0.120. The number of amides is 1. The van der Waals surface area contributed by atoms with Gasteiger partial charge in [0.25, 0.3) is 5.91 Å². The third-order valence-electron chi connectivity index (χ3n) is 4.25. The molecule has 28 heavy (non-hydrogen) atoms. The highest BCUT2D eigenvalue weighted by Crippen LogP contribution is 2.26. The average molecular weight is 488 g/mol. The van der Waals surface area contributed by atoms with Gasteiger partial charge in [-0.2, -0.15) is 0 Å². The second-order valence-electron chi connectivity index (χ2n) is 6.29. The maximum absolute atomic E-state index is 12.7. The third-order valence-corrected chi connectivity index (χ3v) is 4.92. The number of halogens is 1. The molecule has 5 nitrogen and oxygen atoms in total. The van der Waals surface area contributed by atoms with Gasteiger partial charge in [-0.05, 0) is 78.9 Å². The van der Waals surface area contributed by atoms with Crippen molar-refractivity contribution in [3.8, 4) is 11.5 Å². The number of hydrogen-bond donors (Lipinski definition) is 1. The summed E-state index contributed by atoms with van der Waals surface area (Å²) in [7, 11) is 1.63. The molecule has 1 aromatic heterocycles. The third kappa shape index (κ3) is 5.08. The molecule has 3 rings (SSSR count). The van der Waals surface area contributed by atoms with Gasteiger partial charge in [0.05, 0.1) is 23.1 Å². The largest absolute Gasteiger partial charge is 0.457 e. The zero-order valence-corrected chi connectivity index (χ0v) is 18.1. The van der Waals surface area contributed by atoms with Crippen molar-refractivity contribution in [2.24, 2.45) is 0 Å². The van der Waals surface area contributed by atoms with Gasteiger partial charge in [0.2, 0.25) is 0 Å². The molecule has 144 valence electrons. The van der Waals surface area contributed by atoms with Crippen LogP contribution in [0.4, 0.5) is 5.69 Å². The van der Waals surface area contributed by atoms with Crippen LogP contribution in [0.2, 0.25) is 0 Å². The number of rotatable bonds is 6. The van der Waals surface area contributed by atoms with E-state index in [1.807, 2.05) is 62.4 Å². The molecule has 0 aliphatic heterocycles. The maximum atomic E-state index is 12.7. The number of methoxy groups -OCH3 is 1. The van der Waals surface area contributed by atoms with Crippen molar-refractivity contribution in [2.45, 2.75) is 20.0 Å². The first-order valence-corrected chi connectivity index (χ1v) is 9.89. The van der Waals surface area contributed by atoms with Gasteiger partial charge in [0, 0.05) is 22.4 Å². The smallest absolute Gasteiger partial charge is 0.257 e. The van der Waals surface area contributed by atoms with E-state index in [9.17, 15) is 4.79 Å². The van der Waals surface area contributed by atoms with Crippen LogP contribution in [0.25, 0.3) is 0 Å². The number of anilines is 1. The van der Waals surface area contributed by atoms with Crippen molar-refractivity contribution in [2.75, 3.05) is 12.4 Å². The number of carbonyl (C=O) groups is 1. The molecule has 3 aromatic rings. The van der Waals surface area contributed by atoms with Crippen molar-refractivity contribution in [3.05, 3.63) is 81.2 Å². The van der Waals surface area contributed by atoms with E-state index >= 15 is 0 Å². The van der Waals surface area contributed by atoms with Crippen molar-refractivity contribution < 1.29 is 14.3 Å². The summed E-state index contributed by atoms with van der Waals surface area (Å²) in [6, 6.07) is 18.7. The second-order valence-corrected chi connectivity index (χ2v) is 7.53. The quantitative estimate of drug-likeness (QED) is 0.450. The lowest BCUT2D eigenvalue weighted by molar-refractivity contribution is 0.102. The van der Waals surface area contributed by atoms with Crippen LogP contribution < -0.4 is 10.1 Å². The fourth-order valence-corrected chi connectivity index (χ4v) is 3.18. The molecule has 1 atom stereocenters. The molecule has 1 amide bonds. The van der Waals surface area contributed by atoms with Crippen molar-refractivity contribution >= 4 is 34.2 Å². The molecule has 0 fully saturated rings. The van der Waals surface area contributed by atoms with E-state index in [0.717, 1.165) is 15.0 Å². The highest BCUT2D eigenvalue weighted by Gasteiger charge is 2.14. The topological polar surface area (TPSA) is 60.5 Å². The average Bonchev–Trinajstić information content (AvgIpc) is 2.67. The van der Waals surface area contributed by atoms with Crippen LogP contribution in [0, 0.1) is 10.5 Å². The molecule has 0 saturated carbocycles. The van der Waals surface area contributed by atoms with E-state index in [1.54, 1.807) is 19.2 Å². The predicted molar refractivity (Wildman–Crippen MR) is 118 cm³/mol. The van der Waals surface area contributed by atoms with Crippen LogP contribution in [0.1, 0.15) is 34.8 Å². The van der Waals surface area contributed by atoms with Gasteiger partial charge in [-0.15, -0.1) is 0 Å². The molecule has 0 saturated heterocycles. The van der Waals surface area contributed by atoms with Crippen molar-refractivity contribution in [3.63, 3.8) is 0 Å². The highest BCUT2D eigenvalue weighted by molar-refractivity contribution is 14.1. The Morgan fingerprint density at radius 1 is 1.07 bits per heavy atom. The number of hydrogen-bond acceptors (Lipinski definition) is 4. The number of carbonyl (C=O) groups excluding carboxylic acids is 1. The van der Waals surface area contributed by atoms with E-state index in [0.29, 0.717) is 22.7 Å². The number of benzene rings is 2. The SMILES string of the molecule is COC(C)c1ccc(C(=O)Nc2cccc(Oc3cccc(I)c3)c2)c(C)n1. The van der Waals surface area contributed by atoms with Crippen LogP contribution in [0.3, 0.4) is 0 Å². The molecule has 0 bridgehead atoms. The Bertz CT molecular complexity index is 991. The first-order chi connectivity index (χ1) is 13.5. The minimum atomic E-state index is -0.215. The van der Waals surface area contributed by atoms with E-state index in [2.05, 4.69) is 32.9 Å². The molecule has 0 radical (unpaired) electrons. The Labute approximate surface area is 178 Å². The number of nitrogens with one attached hydrogen (secondary N) is 1. The zero-order valence-electron chi connectivity index (χ0n) is 15.9. The van der Waals surface area contributed by atoms with Gasteiger partial charge in [0.1, 0.15) is 11.5 Å². The molecule has 0 spiro atoms. The van der Waals surface area contributed by atoms with Crippen LogP contribution in [0.5, 0.6) is 11.5 Å². The van der Waals surface area contributed by atoms with Crippen molar-refractivity contribution in [1.29, 1.82) is 0 Å². The maximum Gasteiger partial charge on any atom is 0.257 e. The lowest BCUT2D eigenvalue weighted by atomic mass is 10.1. The number of pyridine rings is 1. The summed E-state index contributed by atoms with van der Waals surface area (Å²) in [5, 5.41) is 2.91. The van der Waals surface area contributed by atoms with Gasteiger partial charge >= 0.3 is 0 Å². The molecule has 1 unspecified atom stereocenters. The Hall–Kier alpha value is -2.45. The predicted octanol–water partition coefficient (Wildman–Crippen LogP) is 5.75. The summed E-state index contributed by atoms with van der Waals surface area (Å²) in [5.41, 5.74) is 2.63. The van der Waals surface area contributed by atoms with Crippen LogP contribution in [0.15, 0.2) is 60.7 Å². The Morgan fingerprint density at radius 2 is 1.79 bits per heavy atom. The van der Waals surface area contributed by atoms with Gasteiger partial charge in [-0.25, -0.2) is 0 Å². The molecule has 1 N–H and O–H groups in total. The Balaban J connectivity index is 1.74. The Morgan fingerprint density at radius 3 is 2.46 bits per heavy atom. The zero-order chi connectivity index (χ0) is 20.1. The summed E-state index contributed by atoms with van der Waals surface area (Å²) in [6.45, 7) is 3.73. The molecule has 2 aromatic carbocycles. The van der Waals surface area contributed by atoms with Crippen LogP contribution in [-0.2, 0) is 4.74 Å². The summed E-state index contributed by atoms with van der Waals surface area (Å²) in [5.74, 6) is 1.19. The fourth-order valence-electron chi connectivity index (χ4n) is 2.67. The van der Waals surface area contributed by atoms with E-state index in [4.69, 9.17) is 9.47 Å². The lowest BCUT2D eigenvalue weighted by Gasteiger charge is -2.13. The fraction of sp³-hybridized carbons (Fsp3) is 0.182. The molecule has 0 aliphatic rings. The number of ether oxygens (including phenoxy) is 2. The lowest BCUT2D eigenvalue weighted by Crippen LogP contribution is -2.15. The summed E-state index contributed by atoms with van der Waals surface area (Å²) in [6.07, 6.45) is -0.120. The number of aromatic nitrogens is 1. The first kappa shape index (κ1) is 20.3. The summed E-state index contributed by atoms with van der Waals surface area (Å²) >= 11 is 2.24. The second kappa shape index (κ2) is 9.16. The minimum Gasteiger partial charge on any atom is -0.457 e. The van der Waals surface area contributed by atoms with Gasteiger partial charge in [0.15, 0.2) is 0 Å². The van der Waals surface area contributed by atoms with E-state index < -0.39 is 0 Å².